The molecule has 0 aliphatic heterocycles. The maximum absolute atomic E-state index is 12.1. The van der Waals surface area contributed by atoms with Crippen molar-refractivity contribution in [1.29, 1.82) is 0 Å². The standard InChI is InChI=1S/C19H21N3O3/c1-19(2,3)12-4-7-14(8-5-12)25-11-17(24)20-18-15-9-6-13(23)10-16(15)21-22-18/h4-10,23H,11H2,1-3H3,(H2,20,21,22,24). The predicted molar refractivity (Wildman–Crippen MR) is 97.0 cm³/mol. The third kappa shape index (κ3) is 3.91. The van der Waals surface area contributed by atoms with Gasteiger partial charge in [0.2, 0.25) is 0 Å². The third-order valence-electron chi connectivity index (χ3n) is 3.89. The smallest absolute Gasteiger partial charge is 0.263 e. The molecule has 0 saturated heterocycles. The minimum absolute atomic E-state index is 0.0747. The molecular formula is C19H21N3O3. The maximum Gasteiger partial charge on any atom is 0.263 e. The Kier molecular flexibility index (Phi) is 4.35. The molecule has 6 heteroatoms. The Hall–Kier alpha value is -3.02. The van der Waals surface area contributed by atoms with E-state index in [1.807, 2.05) is 24.3 Å². The zero-order chi connectivity index (χ0) is 18.0. The van der Waals surface area contributed by atoms with Crippen molar-refractivity contribution in [3.63, 3.8) is 0 Å². The molecule has 0 radical (unpaired) electrons. The van der Waals surface area contributed by atoms with Crippen LogP contribution in [0.4, 0.5) is 5.82 Å². The largest absolute Gasteiger partial charge is 0.508 e. The molecule has 1 aromatic heterocycles. The summed E-state index contributed by atoms with van der Waals surface area (Å²) in [6.07, 6.45) is 0. The van der Waals surface area contributed by atoms with Gasteiger partial charge in [-0.25, -0.2) is 0 Å². The van der Waals surface area contributed by atoms with Gasteiger partial charge in [-0.3, -0.25) is 9.89 Å². The Morgan fingerprint density at radius 2 is 1.92 bits per heavy atom. The minimum atomic E-state index is -0.304. The Balaban J connectivity index is 1.61. The highest BCUT2D eigenvalue weighted by molar-refractivity contribution is 6.00. The highest BCUT2D eigenvalue weighted by atomic mass is 16.5. The molecule has 1 amide bonds. The molecule has 0 unspecified atom stereocenters. The van der Waals surface area contributed by atoms with Crippen molar-refractivity contribution >= 4 is 22.6 Å². The number of anilines is 1. The van der Waals surface area contributed by atoms with Crippen LogP contribution in [0.2, 0.25) is 0 Å². The lowest BCUT2D eigenvalue weighted by Crippen LogP contribution is -2.20. The van der Waals surface area contributed by atoms with Gasteiger partial charge in [-0.2, -0.15) is 5.10 Å². The van der Waals surface area contributed by atoms with Gasteiger partial charge in [-0.1, -0.05) is 32.9 Å². The van der Waals surface area contributed by atoms with Gasteiger partial charge in [0.15, 0.2) is 12.4 Å². The highest BCUT2D eigenvalue weighted by Crippen LogP contribution is 2.25. The molecule has 0 saturated carbocycles. The Morgan fingerprint density at radius 1 is 1.20 bits per heavy atom. The van der Waals surface area contributed by atoms with Gasteiger partial charge in [0.05, 0.1) is 5.52 Å². The molecule has 0 aliphatic carbocycles. The fourth-order valence-corrected chi connectivity index (χ4v) is 2.47. The van der Waals surface area contributed by atoms with Crippen LogP contribution in [0.25, 0.3) is 10.9 Å². The molecule has 3 aromatic rings. The lowest BCUT2D eigenvalue weighted by Gasteiger charge is -2.19. The van der Waals surface area contributed by atoms with E-state index in [4.69, 9.17) is 4.74 Å². The second-order valence-corrected chi connectivity index (χ2v) is 6.91. The quantitative estimate of drug-likeness (QED) is 0.678. The summed E-state index contributed by atoms with van der Waals surface area (Å²) in [6.45, 7) is 6.32. The van der Waals surface area contributed by atoms with Crippen molar-refractivity contribution in [2.45, 2.75) is 26.2 Å². The molecule has 130 valence electrons. The molecule has 6 nitrogen and oxygen atoms in total. The SMILES string of the molecule is CC(C)(C)c1ccc(OCC(=O)Nc2n[nH]c3cc(O)ccc23)cc1. The van der Waals surface area contributed by atoms with Crippen molar-refractivity contribution < 1.29 is 14.6 Å². The number of aromatic nitrogens is 2. The van der Waals surface area contributed by atoms with Crippen LogP contribution >= 0.6 is 0 Å². The Bertz CT molecular complexity index is 892. The summed E-state index contributed by atoms with van der Waals surface area (Å²) in [4.78, 5) is 12.1. The van der Waals surface area contributed by atoms with E-state index in [1.54, 1.807) is 18.2 Å². The topological polar surface area (TPSA) is 87.2 Å². The van der Waals surface area contributed by atoms with Gasteiger partial charge in [0, 0.05) is 11.5 Å². The number of ether oxygens (including phenoxy) is 1. The second kappa shape index (κ2) is 6.47. The van der Waals surface area contributed by atoms with Crippen LogP contribution in [0.5, 0.6) is 11.5 Å². The van der Waals surface area contributed by atoms with Gasteiger partial charge in [-0.15, -0.1) is 0 Å². The number of phenols is 1. The molecule has 3 N–H and O–H groups in total. The summed E-state index contributed by atoms with van der Waals surface area (Å²) < 4.78 is 5.53. The number of nitrogens with one attached hydrogen (secondary N) is 2. The number of fused-ring (bicyclic) bond motifs is 1. The first-order chi connectivity index (χ1) is 11.8. The number of hydrogen-bond acceptors (Lipinski definition) is 4. The number of H-pyrrole nitrogens is 1. The molecule has 0 bridgehead atoms. The van der Waals surface area contributed by atoms with E-state index >= 15 is 0 Å². The van der Waals surface area contributed by atoms with Gasteiger partial charge in [-0.05, 0) is 35.2 Å². The fourth-order valence-electron chi connectivity index (χ4n) is 2.47. The summed E-state index contributed by atoms with van der Waals surface area (Å²) in [6, 6.07) is 12.5. The average molecular weight is 339 g/mol. The molecule has 3 rings (SSSR count). The second-order valence-electron chi connectivity index (χ2n) is 6.91. The molecule has 2 aromatic carbocycles. The molecule has 25 heavy (non-hydrogen) atoms. The van der Waals surface area contributed by atoms with E-state index in [0.717, 1.165) is 5.39 Å². The van der Waals surface area contributed by atoms with E-state index in [-0.39, 0.29) is 23.7 Å². The number of carbonyl (C=O) groups excluding carboxylic acids is 1. The Morgan fingerprint density at radius 3 is 2.60 bits per heavy atom. The fraction of sp³-hybridized carbons (Fsp3) is 0.263. The van der Waals surface area contributed by atoms with Crippen LogP contribution in [-0.2, 0) is 10.2 Å². The van der Waals surface area contributed by atoms with Crippen molar-refractivity contribution in [3.05, 3.63) is 48.0 Å². The number of carbonyl (C=O) groups is 1. The Labute approximate surface area is 145 Å². The van der Waals surface area contributed by atoms with Gasteiger partial charge < -0.3 is 15.2 Å². The minimum Gasteiger partial charge on any atom is -0.508 e. The summed E-state index contributed by atoms with van der Waals surface area (Å²) >= 11 is 0. The number of hydrogen-bond donors (Lipinski definition) is 3. The molecule has 0 atom stereocenters. The monoisotopic (exact) mass is 339 g/mol. The summed E-state index contributed by atoms with van der Waals surface area (Å²) in [7, 11) is 0. The molecule has 1 heterocycles. The number of rotatable bonds is 4. The first-order valence-electron chi connectivity index (χ1n) is 8.03. The first kappa shape index (κ1) is 16.8. The molecule has 0 fully saturated rings. The van der Waals surface area contributed by atoms with Gasteiger partial charge in [0.1, 0.15) is 11.5 Å². The predicted octanol–water partition coefficient (Wildman–Crippen LogP) is 3.58. The highest BCUT2D eigenvalue weighted by Gasteiger charge is 2.14. The average Bonchev–Trinajstić information content (AvgIpc) is 2.94. The summed E-state index contributed by atoms with van der Waals surface area (Å²) in [5.41, 5.74) is 1.93. The zero-order valence-corrected chi connectivity index (χ0v) is 14.5. The van der Waals surface area contributed by atoms with Crippen molar-refractivity contribution in [3.8, 4) is 11.5 Å². The zero-order valence-electron chi connectivity index (χ0n) is 14.5. The normalized spacial score (nSPS) is 11.5. The summed E-state index contributed by atoms with van der Waals surface area (Å²) in [5, 5.41) is 19.7. The summed E-state index contributed by atoms with van der Waals surface area (Å²) in [5.74, 6) is 0.879. The lowest BCUT2D eigenvalue weighted by molar-refractivity contribution is -0.118. The van der Waals surface area contributed by atoms with Crippen molar-refractivity contribution in [2.24, 2.45) is 0 Å². The third-order valence-corrected chi connectivity index (χ3v) is 3.89. The van der Waals surface area contributed by atoms with E-state index < -0.39 is 0 Å². The van der Waals surface area contributed by atoms with Crippen molar-refractivity contribution in [1.82, 2.24) is 10.2 Å². The van der Waals surface area contributed by atoms with Gasteiger partial charge in [0.25, 0.3) is 5.91 Å². The maximum atomic E-state index is 12.1. The van der Waals surface area contributed by atoms with E-state index in [0.29, 0.717) is 17.1 Å². The first-order valence-corrected chi connectivity index (χ1v) is 8.03. The van der Waals surface area contributed by atoms with Crippen molar-refractivity contribution in [2.75, 3.05) is 11.9 Å². The van der Waals surface area contributed by atoms with E-state index in [2.05, 4.69) is 36.3 Å². The van der Waals surface area contributed by atoms with E-state index in [1.165, 1.54) is 5.56 Å². The number of nitrogens with zero attached hydrogens (tertiary/aromatic N) is 1. The number of amides is 1. The van der Waals surface area contributed by atoms with Crippen LogP contribution in [0.1, 0.15) is 26.3 Å². The molecule has 0 aliphatic rings. The van der Waals surface area contributed by atoms with Crippen LogP contribution in [0.15, 0.2) is 42.5 Å². The van der Waals surface area contributed by atoms with Gasteiger partial charge >= 0.3 is 0 Å². The van der Waals surface area contributed by atoms with Crippen LogP contribution in [0, 0.1) is 0 Å². The van der Waals surface area contributed by atoms with Crippen LogP contribution in [-0.4, -0.2) is 27.8 Å². The van der Waals surface area contributed by atoms with E-state index in [9.17, 15) is 9.90 Å². The number of benzene rings is 2. The van der Waals surface area contributed by atoms with Crippen LogP contribution in [0.3, 0.4) is 0 Å². The molecule has 0 spiro atoms. The number of aromatic hydroxyl groups is 1. The number of phenolic OH excluding ortho intramolecular Hbond substituents is 1. The molecular weight excluding hydrogens is 318 g/mol. The lowest BCUT2D eigenvalue weighted by atomic mass is 9.87. The number of aromatic amines is 1. The van der Waals surface area contributed by atoms with Crippen LogP contribution < -0.4 is 10.1 Å².